The number of nitrogens with one attached hydrogen (secondary N) is 1. The first-order valence-corrected chi connectivity index (χ1v) is 10.1. The molecule has 0 spiro atoms. The van der Waals surface area contributed by atoms with Crippen LogP contribution >= 0.6 is 0 Å². The molecular weight excluding hydrogens is 362 g/mol. The van der Waals surface area contributed by atoms with Gasteiger partial charge in [0.1, 0.15) is 11.8 Å². The molecular formula is C20H23N3O3S. The van der Waals surface area contributed by atoms with Crippen molar-refractivity contribution in [2.45, 2.75) is 18.7 Å². The lowest BCUT2D eigenvalue weighted by Gasteiger charge is -2.21. The molecule has 142 valence electrons. The van der Waals surface area contributed by atoms with Crippen LogP contribution in [-0.2, 0) is 9.84 Å². The van der Waals surface area contributed by atoms with Crippen molar-refractivity contribution in [2.24, 2.45) is 0 Å². The first-order valence-electron chi connectivity index (χ1n) is 8.57. The largest absolute Gasteiger partial charge is 0.497 e. The van der Waals surface area contributed by atoms with Crippen molar-refractivity contribution in [3.63, 3.8) is 0 Å². The average Bonchev–Trinajstić information content (AvgIpc) is 2.70. The van der Waals surface area contributed by atoms with E-state index in [4.69, 9.17) is 4.74 Å². The highest BCUT2D eigenvalue weighted by atomic mass is 32.2. The molecule has 0 radical (unpaired) electrons. The van der Waals surface area contributed by atoms with Gasteiger partial charge in [0.15, 0.2) is 4.91 Å². The van der Waals surface area contributed by atoms with E-state index in [9.17, 15) is 13.7 Å². The van der Waals surface area contributed by atoms with Gasteiger partial charge in [0.2, 0.25) is 9.84 Å². The van der Waals surface area contributed by atoms with Crippen molar-refractivity contribution in [2.75, 3.05) is 30.4 Å². The minimum atomic E-state index is -3.90. The molecule has 2 aromatic rings. The Hall–Kier alpha value is -2.98. The smallest absolute Gasteiger partial charge is 0.218 e. The zero-order valence-corrected chi connectivity index (χ0v) is 16.5. The van der Waals surface area contributed by atoms with Crippen molar-refractivity contribution in [1.82, 2.24) is 0 Å². The molecule has 0 amide bonds. The maximum absolute atomic E-state index is 12.6. The van der Waals surface area contributed by atoms with E-state index in [0.717, 1.165) is 18.8 Å². The third-order valence-corrected chi connectivity index (χ3v) is 5.82. The minimum Gasteiger partial charge on any atom is -0.497 e. The summed E-state index contributed by atoms with van der Waals surface area (Å²) in [6, 6.07) is 15.3. The van der Waals surface area contributed by atoms with Gasteiger partial charge in [-0.05, 0) is 62.4 Å². The highest BCUT2D eigenvalue weighted by Gasteiger charge is 2.20. The summed E-state index contributed by atoms with van der Waals surface area (Å²) in [4.78, 5) is 1.88. The van der Waals surface area contributed by atoms with Gasteiger partial charge in [-0.15, -0.1) is 0 Å². The third-order valence-electron chi connectivity index (χ3n) is 4.14. The van der Waals surface area contributed by atoms with E-state index in [1.807, 2.05) is 24.3 Å². The van der Waals surface area contributed by atoms with Crippen LogP contribution in [0.2, 0.25) is 0 Å². The Morgan fingerprint density at radius 3 is 2.19 bits per heavy atom. The first kappa shape index (κ1) is 20.3. The second-order valence-electron chi connectivity index (χ2n) is 5.66. The summed E-state index contributed by atoms with van der Waals surface area (Å²) in [5, 5.41) is 12.2. The molecule has 2 aromatic carbocycles. The first-order chi connectivity index (χ1) is 13.0. The van der Waals surface area contributed by atoms with Gasteiger partial charge < -0.3 is 15.0 Å². The van der Waals surface area contributed by atoms with E-state index >= 15 is 0 Å². The van der Waals surface area contributed by atoms with Crippen molar-refractivity contribution in [3.05, 3.63) is 59.6 Å². The number of allylic oxidation sites excluding steroid dienone is 1. The number of ether oxygens (including phenoxy) is 1. The van der Waals surface area contributed by atoms with Gasteiger partial charge in [-0.2, -0.15) is 5.26 Å². The number of anilines is 2. The van der Waals surface area contributed by atoms with Crippen LogP contribution in [-0.4, -0.2) is 28.6 Å². The van der Waals surface area contributed by atoms with Crippen LogP contribution in [0.1, 0.15) is 13.8 Å². The molecule has 27 heavy (non-hydrogen) atoms. The number of nitrogens with zero attached hydrogens (tertiary/aromatic N) is 2. The van der Waals surface area contributed by atoms with Crippen LogP contribution in [0.4, 0.5) is 11.4 Å². The zero-order chi connectivity index (χ0) is 19.9. The average molecular weight is 385 g/mol. The molecule has 1 N–H and O–H groups in total. The molecule has 0 atom stereocenters. The van der Waals surface area contributed by atoms with Gasteiger partial charge >= 0.3 is 0 Å². The highest BCUT2D eigenvalue weighted by molar-refractivity contribution is 7.95. The maximum atomic E-state index is 12.6. The molecule has 6 nitrogen and oxygen atoms in total. The van der Waals surface area contributed by atoms with E-state index in [0.29, 0.717) is 11.4 Å². The standard InChI is InChI=1S/C20H23N3O3S/c1-4-23(5-2)17-8-6-16(7-9-17)22-15-20(14-21)27(24,25)19-12-10-18(26-3)11-13-19/h6-13,15,22H,4-5H2,1-3H3/b20-15+. The molecule has 0 aliphatic carbocycles. The third kappa shape index (κ3) is 4.80. The summed E-state index contributed by atoms with van der Waals surface area (Å²) in [5.74, 6) is 0.544. The Bertz CT molecular complexity index is 924. The molecule has 0 saturated heterocycles. The van der Waals surface area contributed by atoms with E-state index in [1.54, 1.807) is 18.2 Å². The van der Waals surface area contributed by atoms with E-state index in [1.165, 1.54) is 25.4 Å². The Labute approximate surface area is 160 Å². The maximum Gasteiger partial charge on any atom is 0.218 e. The van der Waals surface area contributed by atoms with Crippen molar-refractivity contribution in [3.8, 4) is 11.8 Å². The number of hydrogen-bond donors (Lipinski definition) is 1. The van der Waals surface area contributed by atoms with Gasteiger partial charge in [0.05, 0.1) is 12.0 Å². The van der Waals surface area contributed by atoms with Gasteiger partial charge in [-0.3, -0.25) is 0 Å². The molecule has 0 aliphatic rings. The molecule has 0 aliphatic heterocycles. The number of hydrogen-bond acceptors (Lipinski definition) is 6. The monoisotopic (exact) mass is 385 g/mol. The molecule has 0 fully saturated rings. The molecule has 0 unspecified atom stereocenters. The second kappa shape index (κ2) is 9.10. The lowest BCUT2D eigenvalue weighted by atomic mass is 10.2. The van der Waals surface area contributed by atoms with Crippen LogP contribution in [0.3, 0.4) is 0 Å². The van der Waals surface area contributed by atoms with Gasteiger partial charge in [0, 0.05) is 30.7 Å². The lowest BCUT2D eigenvalue weighted by Crippen LogP contribution is -2.21. The fourth-order valence-electron chi connectivity index (χ4n) is 2.56. The minimum absolute atomic E-state index is 0.0368. The summed E-state index contributed by atoms with van der Waals surface area (Å²) in [6.45, 7) is 5.98. The molecule has 2 rings (SSSR count). The van der Waals surface area contributed by atoms with Crippen LogP contribution < -0.4 is 15.0 Å². The Kier molecular flexibility index (Phi) is 6.85. The Balaban J connectivity index is 2.21. The number of sulfone groups is 1. The quantitative estimate of drug-likeness (QED) is 0.696. The summed E-state index contributed by atoms with van der Waals surface area (Å²) < 4.78 is 30.3. The molecule has 0 saturated carbocycles. The second-order valence-corrected chi connectivity index (χ2v) is 7.58. The van der Waals surface area contributed by atoms with Gasteiger partial charge in [-0.25, -0.2) is 8.42 Å². The van der Waals surface area contributed by atoms with Crippen LogP contribution in [0.15, 0.2) is 64.5 Å². The van der Waals surface area contributed by atoms with Crippen molar-refractivity contribution in [1.29, 1.82) is 5.26 Å². The lowest BCUT2D eigenvalue weighted by molar-refractivity contribution is 0.414. The Morgan fingerprint density at radius 2 is 1.70 bits per heavy atom. The van der Waals surface area contributed by atoms with E-state index in [2.05, 4.69) is 24.1 Å². The normalized spacial score (nSPS) is 11.6. The molecule has 7 heteroatoms. The molecule has 0 heterocycles. The number of nitriles is 1. The highest BCUT2D eigenvalue weighted by Crippen LogP contribution is 2.23. The number of methoxy groups -OCH3 is 1. The molecule has 0 bridgehead atoms. The fraction of sp³-hybridized carbons (Fsp3) is 0.250. The van der Waals surface area contributed by atoms with Gasteiger partial charge in [-0.1, -0.05) is 0 Å². The van der Waals surface area contributed by atoms with Crippen molar-refractivity contribution < 1.29 is 13.2 Å². The molecule has 0 aromatic heterocycles. The van der Waals surface area contributed by atoms with Crippen LogP contribution in [0.5, 0.6) is 5.75 Å². The summed E-state index contributed by atoms with van der Waals surface area (Å²) in [6.07, 6.45) is 1.21. The topological polar surface area (TPSA) is 82.4 Å². The van der Waals surface area contributed by atoms with E-state index < -0.39 is 9.84 Å². The van der Waals surface area contributed by atoms with E-state index in [-0.39, 0.29) is 9.80 Å². The SMILES string of the molecule is CCN(CC)c1ccc(N/C=C(\C#N)S(=O)(=O)c2ccc(OC)cc2)cc1. The van der Waals surface area contributed by atoms with Crippen LogP contribution in [0, 0.1) is 11.3 Å². The predicted octanol–water partition coefficient (Wildman–Crippen LogP) is 3.79. The summed E-state index contributed by atoms with van der Waals surface area (Å²) >= 11 is 0. The summed E-state index contributed by atoms with van der Waals surface area (Å²) in [7, 11) is -2.40. The van der Waals surface area contributed by atoms with Gasteiger partial charge in [0.25, 0.3) is 0 Å². The number of benzene rings is 2. The Morgan fingerprint density at radius 1 is 1.11 bits per heavy atom. The van der Waals surface area contributed by atoms with Crippen LogP contribution in [0.25, 0.3) is 0 Å². The van der Waals surface area contributed by atoms with Crippen molar-refractivity contribution >= 4 is 21.2 Å². The summed E-state index contributed by atoms with van der Waals surface area (Å²) in [5.41, 5.74) is 1.78. The fourth-order valence-corrected chi connectivity index (χ4v) is 3.64. The zero-order valence-electron chi connectivity index (χ0n) is 15.6. The number of rotatable bonds is 8. The predicted molar refractivity (Wildman–Crippen MR) is 108 cm³/mol.